The SMILES string of the molecule is CCCC1(C(=O)NC(CC)c2ccc(Br)cc2)CCNC1. The summed E-state index contributed by atoms with van der Waals surface area (Å²) < 4.78 is 1.06. The van der Waals surface area contributed by atoms with Gasteiger partial charge in [-0.1, -0.05) is 48.3 Å². The zero-order chi connectivity index (χ0) is 15.3. The van der Waals surface area contributed by atoms with Crippen molar-refractivity contribution in [2.45, 2.75) is 45.6 Å². The number of halogens is 1. The molecule has 2 N–H and O–H groups in total. The number of rotatable bonds is 6. The first-order chi connectivity index (χ1) is 10.1. The molecule has 1 aromatic carbocycles. The Morgan fingerprint density at radius 2 is 2.10 bits per heavy atom. The Balaban J connectivity index is 2.10. The molecule has 3 nitrogen and oxygen atoms in total. The van der Waals surface area contributed by atoms with Crippen LogP contribution in [0, 0.1) is 5.41 Å². The predicted octanol–water partition coefficient (Wildman–Crippen LogP) is 3.80. The van der Waals surface area contributed by atoms with E-state index in [0.717, 1.165) is 43.2 Å². The highest BCUT2D eigenvalue weighted by Gasteiger charge is 2.40. The quantitative estimate of drug-likeness (QED) is 0.817. The van der Waals surface area contributed by atoms with Crippen LogP contribution in [0.2, 0.25) is 0 Å². The van der Waals surface area contributed by atoms with Gasteiger partial charge in [0.15, 0.2) is 0 Å². The van der Waals surface area contributed by atoms with Gasteiger partial charge in [0.1, 0.15) is 0 Å². The smallest absolute Gasteiger partial charge is 0.228 e. The standard InChI is InChI=1S/C17H25BrN2O/c1-3-9-17(10-11-19-12-17)16(21)20-15(4-2)13-5-7-14(18)8-6-13/h5-8,15,19H,3-4,9-12H2,1-2H3,(H,20,21). The molecule has 0 saturated carbocycles. The summed E-state index contributed by atoms with van der Waals surface area (Å²) in [6.45, 7) is 6.03. The van der Waals surface area contributed by atoms with E-state index in [2.05, 4.69) is 52.5 Å². The first kappa shape index (κ1) is 16.5. The van der Waals surface area contributed by atoms with E-state index in [9.17, 15) is 4.79 Å². The van der Waals surface area contributed by atoms with Crippen LogP contribution >= 0.6 is 15.9 Å². The highest BCUT2D eigenvalue weighted by Crippen LogP contribution is 2.32. The minimum atomic E-state index is -0.211. The molecule has 2 unspecified atom stereocenters. The van der Waals surface area contributed by atoms with Crippen molar-refractivity contribution in [1.29, 1.82) is 0 Å². The molecule has 116 valence electrons. The summed E-state index contributed by atoms with van der Waals surface area (Å²) >= 11 is 3.45. The number of carbonyl (C=O) groups excluding carboxylic acids is 1. The number of hydrogen-bond donors (Lipinski definition) is 2. The van der Waals surface area contributed by atoms with Gasteiger partial charge in [0.2, 0.25) is 5.91 Å². The third kappa shape index (κ3) is 3.86. The minimum absolute atomic E-state index is 0.0972. The highest BCUT2D eigenvalue weighted by molar-refractivity contribution is 9.10. The number of benzene rings is 1. The second-order valence-electron chi connectivity index (χ2n) is 5.94. The van der Waals surface area contributed by atoms with Crippen LogP contribution in [0.1, 0.15) is 51.1 Å². The summed E-state index contributed by atoms with van der Waals surface area (Å²) in [7, 11) is 0. The molecule has 0 spiro atoms. The van der Waals surface area contributed by atoms with Gasteiger partial charge in [-0.3, -0.25) is 4.79 Å². The fourth-order valence-corrected chi connectivity index (χ4v) is 3.43. The van der Waals surface area contributed by atoms with Crippen LogP contribution in [0.3, 0.4) is 0 Å². The van der Waals surface area contributed by atoms with E-state index in [0.29, 0.717) is 0 Å². The molecule has 1 aromatic rings. The molecule has 1 aliphatic rings. The Labute approximate surface area is 136 Å². The largest absolute Gasteiger partial charge is 0.349 e. The molecule has 0 aliphatic carbocycles. The maximum atomic E-state index is 12.8. The molecule has 0 aromatic heterocycles. The predicted molar refractivity (Wildman–Crippen MR) is 90.1 cm³/mol. The first-order valence-electron chi connectivity index (χ1n) is 7.88. The Bertz CT molecular complexity index is 466. The summed E-state index contributed by atoms with van der Waals surface area (Å²) in [6.07, 6.45) is 3.86. The average Bonchev–Trinajstić information content (AvgIpc) is 2.96. The minimum Gasteiger partial charge on any atom is -0.349 e. The summed E-state index contributed by atoms with van der Waals surface area (Å²) in [5.74, 6) is 0.212. The van der Waals surface area contributed by atoms with Crippen LogP contribution in [-0.4, -0.2) is 19.0 Å². The molecule has 4 heteroatoms. The zero-order valence-electron chi connectivity index (χ0n) is 12.9. The molecule has 1 saturated heterocycles. The van der Waals surface area contributed by atoms with Crippen LogP contribution in [-0.2, 0) is 4.79 Å². The van der Waals surface area contributed by atoms with Crippen molar-refractivity contribution in [3.05, 3.63) is 34.3 Å². The molecule has 1 aliphatic heterocycles. The molecular weight excluding hydrogens is 328 g/mol. The van der Waals surface area contributed by atoms with Crippen molar-refractivity contribution in [3.63, 3.8) is 0 Å². The monoisotopic (exact) mass is 352 g/mol. The zero-order valence-corrected chi connectivity index (χ0v) is 14.5. The molecule has 21 heavy (non-hydrogen) atoms. The Kier molecular flexibility index (Phi) is 5.82. The third-order valence-corrected chi connectivity index (χ3v) is 4.97. The van der Waals surface area contributed by atoms with Gasteiger partial charge >= 0.3 is 0 Å². The second kappa shape index (κ2) is 7.41. The van der Waals surface area contributed by atoms with Crippen LogP contribution in [0.25, 0.3) is 0 Å². The van der Waals surface area contributed by atoms with Gasteiger partial charge in [0.05, 0.1) is 11.5 Å². The van der Waals surface area contributed by atoms with Gasteiger partial charge < -0.3 is 10.6 Å². The van der Waals surface area contributed by atoms with Gasteiger partial charge in [-0.15, -0.1) is 0 Å². The third-order valence-electron chi connectivity index (χ3n) is 4.44. The van der Waals surface area contributed by atoms with Crippen LogP contribution < -0.4 is 10.6 Å². The molecule has 1 amide bonds. The normalized spacial score (nSPS) is 23.0. The molecule has 1 fully saturated rings. The van der Waals surface area contributed by atoms with E-state index < -0.39 is 0 Å². The average molecular weight is 353 g/mol. The Morgan fingerprint density at radius 3 is 2.62 bits per heavy atom. The molecule has 1 heterocycles. The van der Waals surface area contributed by atoms with E-state index >= 15 is 0 Å². The number of carbonyl (C=O) groups is 1. The second-order valence-corrected chi connectivity index (χ2v) is 6.86. The topological polar surface area (TPSA) is 41.1 Å². The van der Waals surface area contributed by atoms with Gasteiger partial charge in [-0.2, -0.15) is 0 Å². The van der Waals surface area contributed by atoms with E-state index in [-0.39, 0.29) is 17.4 Å². The van der Waals surface area contributed by atoms with E-state index in [4.69, 9.17) is 0 Å². The van der Waals surface area contributed by atoms with Crippen molar-refractivity contribution in [2.75, 3.05) is 13.1 Å². The summed E-state index contributed by atoms with van der Waals surface area (Å²) in [6, 6.07) is 8.32. The van der Waals surface area contributed by atoms with Crippen LogP contribution in [0.15, 0.2) is 28.7 Å². The van der Waals surface area contributed by atoms with Crippen molar-refractivity contribution in [3.8, 4) is 0 Å². The van der Waals surface area contributed by atoms with E-state index in [1.165, 1.54) is 5.56 Å². The lowest BCUT2D eigenvalue weighted by atomic mass is 9.81. The highest BCUT2D eigenvalue weighted by atomic mass is 79.9. The van der Waals surface area contributed by atoms with Gasteiger partial charge in [0, 0.05) is 11.0 Å². The molecular formula is C17H25BrN2O. The number of amides is 1. The summed E-state index contributed by atoms with van der Waals surface area (Å²) in [4.78, 5) is 12.8. The van der Waals surface area contributed by atoms with Gasteiger partial charge in [-0.25, -0.2) is 0 Å². The number of hydrogen-bond acceptors (Lipinski definition) is 2. The van der Waals surface area contributed by atoms with E-state index in [1.807, 2.05) is 12.1 Å². The lowest BCUT2D eigenvalue weighted by Crippen LogP contribution is -2.43. The fraction of sp³-hybridized carbons (Fsp3) is 0.588. The first-order valence-corrected chi connectivity index (χ1v) is 8.68. The van der Waals surface area contributed by atoms with Gasteiger partial charge in [0.25, 0.3) is 0 Å². The summed E-state index contributed by atoms with van der Waals surface area (Å²) in [5, 5.41) is 6.63. The Hall–Kier alpha value is -0.870. The van der Waals surface area contributed by atoms with Crippen molar-refractivity contribution >= 4 is 21.8 Å². The fourth-order valence-electron chi connectivity index (χ4n) is 3.17. The molecule has 0 bridgehead atoms. The molecule has 2 atom stereocenters. The number of nitrogens with one attached hydrogen (secondary N) is 2. The molecule has 0 radical (unpaired) electrons. The molecule has 2 rings (SSSR count). The van der Waals surface area contributed by atoms with Crippen LogP contribution in [0.5, 0.6) is 0 Å². The maximum absolute atomic E-state index is 12.8. The lowest BCUT2D eigenvalue weighted by Gasteiger charge is -2.29. The van der Waals surface area contributed by atoms with E-state index in [1.54, 1.807) is 0 Å². The Morgan fingerprint density at radius 1 is 1.38 bits per heavy atom. The maximum Gasteiger partial charge on any atom is 0.228 e. The van der Waals surface area contributed by atoms with Crippen molar-refractivity contribution < 1.29 is 4.79 Å². The van der Waals surface area contributed by atoms with Gasteiger partial charge in [-0.05, 0) is 43.5 Å². The summed E-state index contributed by atoms with van der Waals surface area (Å²) in [5.41, 5.74) is 0.962. The van der Waals surface area contributed by atoms with Crippen LogP contribution in [0.4, 0.5) is 0 Å². The lowest BCUT2D eigenvalue weighted by molar-refractivity contribution is -0.131. The van der Waals surface area contributed by atoms with Crippen molar-refractivity contribution in [1.82, 2.24) is 10.6 Å². The van der Waals surface area contributed by atoms with Crippen molar-refractivity contribution in [2.24, 2.45) is 5.41 Å².